The third-order valence-corrected chi connectivity index (χ3v) is 3.83. The Morgan fingerprint density at radius 2 is 2.17 bits per heavy atom. The van der Waals surface area contributed by atoms with E-state index in [9.17, 15) is 5.11 Å². The number of hydrogen-bond donors (Lipinski definition) is 2. The molecule has 1 saturated carbocycles. The maximum absolute atomic E-state index is 9.88. The lowest BCUT2D eigenvalue weighted by atomic mass is 9.86. The number of halogens is 1. The molecular weight excluding hydrogens is 248 g/mol. The Labute approximate surface area is 112 Å². The number of aliphatic hydroxyl groups is 1. The van der Waals surface area contributed by atoms with Gasteiger partial charge < -0.3 is 10.4 Å². The number of rotatable bonds is 3. The van der Waals surface area contributed by atoms with Gasteiger partial charge in [0.2, 0.25) is 0 Å². The largest absolute Gasteiger partial charge is 0.393 e. The maximum Gasteiger partial charge on any atom is 0.0992 e. The number of hydrogen-bond acceptors (Lipinski definition) is 3. The molecule has 1 aliphatic rings. The Kier molecular flexibility index (Phi) is 4.46. The summed E-state index contributed by atoms with van der Waals surface area (Å²) in [6.45, 7) is 0.729. The average molecular weight is 265 g/mol. The van der Waals surface area contributed by atoms with Crippen molar-refractivity contribution in [1.29, 1.82) is 5.26 Å². The minimum Gasteiger partial charge on any atom is -0.393 e. The van der Waals surface area contributed by atoms with Crippen LogP contribution in [0.2, 0.25) is 5.02 Å². The molecule has 18 heavy (non-hydrogen) atoms. The van der Waals surface area contributed by atoms with E-state index in [-0.39, 0.29) is 6.10 Å². The molecule has 0 radical (unpaired) electrons. The van der Waals surface area contributed by atoms with Crippen LogP contribution in [0.25, 0.3) is 0 Å². The van der Waals surface area contributed by atoms with Crippen molar-refractivity contribution in [2.75, 3.05) is 11.9 Å². The van der Waals surface area contributed by atoms with Crippen molar-refractivity contribution in [1.82, 2.24) is 0 Å². The van der Waals surface area contributed by atoms with Gasteiger partial charge in [-0.3, -0.25) is 0 Å². The molecule has 2 unspecified atom stereocenters. The molecule has 1 aliphatic carbocycles. The Morgan fingerprint density at radius 1 is 1.39 bits per heavy atom. The molecule has 1 aromatic rings. The summed E-state index contributed by atoms with van der Waals surface area (Å²) < 4.78 is 0. The standard InChI is InChI=1S/C14H17ClN2O/c15-12-7-10(8-16)5-6-13(12)17-9-11-3-1-2-4-14(11)18/h5-7,11,14,17-18H,1-4,9H2. The smallest absolute Gasteiger partial charge is 0.0992 e. The van der Waals surface area contributed by atoms with Crippen molar-refractivity contribution in [2.24, 2.45) is 5.92 Å². The van der Waals surface area contributed by atoms with Crippen LogP contribution in [0.5, 0.6) is 0 Å². The van der Waals surface area contributed by atoms with Crippen molar-refractivity contribution in [3.8, 4) is 6.07 Å². The van der Waals surface area contributed by atoms with Crippen LogP contribution in [-0.2, 0) is 0 Å². The van der Waals surface area contributed by atoms with Crippen LogP contribution in [0.15, 0.2) is 18.2 Å². The van der Waals surface area contributed by atoms with Gasteiger partial charge in [-0.2, -0.15) is 5.26 Å². The lowest BCUT2D eigenvalue weighted by molar-refractivity contribution is 0.0763. The second-order valence-electron chi connectivity index (χ2n) is 4.80. The molecule has 2 atom stereocenters. The second-order valence-corrected chi connectivity index (χ2v) is 5.21. The van der Waals surface area contributed by atoms with Gasteiger partial charge in [0.1, 0.15) is 0 Å². The minimum atomic E-state index is -0.205. The highest BCUT2D eigenvalue weighted by Crippen LogP contribution is 2.27. The predicted octanol–water partition coefficient (Wildman–Crippen LogP) is 3.17. The third kappa shape index (κ3) is 3.16. The number of nitrogens with one attached hydrogen (secondary N) is 1. The summed E-state index contributed by atoms with van der Waals surface area (Å²) in [7, 11) is 0. The monoisotopic (exact) mass is 264 g/mol. The minimum absolute atomic E-state index is 0.205. The van der Waals surface area contributed by atoms with Gasteiger partial charge in [0, 0.05) is 12.5 Å². The topological polar surface area (TPSA) is 56.0 Å². The fraction of sp³-hybridized carbons (Fsp3) is 0.500. The van der Waals surface area contributed by atoms with Crippen LogP contribution in [-0.4, -0.2) is 17.8 Å². The van der Waals surface area contributed by atoms with Crippen molar-refractivity contribution >= 4 is 17.3 Å². The summed E-state index contributed by atoms with van der Waals surface area (Å²) in [5.74, 6) is 0.297. The summed E-state index contributed by atoms with van der Waals surface area (Å²) in [6.07, 6.45) is 4.05. The van der Waals surface area contributed by atoms with Gasteiger partial charge in [-0.25, -0.2) is 0 Å². The van der Waals surface area contributed by atoms with Gasteiger partial charge in [-0.05, 0) is 31.0 Å². The first-order valence-electron chi connectivity index (χ1n) is 6.32. The summed E-state index contributed by atoms with van der Waals surface area (Å²) in [5, 5.41) is 22.5. The van der Waals surface area contributed by atoms with E-state index in [4.69, 9.17) is 16.9 Å². The summed E-state index contributed by atoms with van der Waals surface area (Å²) in [6, 6.07) is 7.27. The molecule has 0 aromatic heterocycles. The molecule has 0 aliphatic heterocycles. The van der Waals surface area contributed by atoms with Gasteiger partial charge >= 0.3 is 0 Å². The lowest BCUT2D eigenvalue weighted by Gasteiger charge is -2.28. The van der Waals surface area contributed by atoms with E-state index in [1.807, 2.05) is 6.07 Å². The molecule has 2 N–H and O–H groups in total. The van der Waals surface area contributed by atoms with Gasteiger partial charge in [0.05, 0.1) is 28.4 Å². The Morgan fingerprint density at radius 3 is 2.83 bits per heavy atom. The van der Waals surface area contributed by atoms with Crippen molar-refractivity contribution in [3.05, 3.63) is 28.8 Å². The van der Waals surface area contributed by atoms with E-state index >= 15 is 0 Å². The highest BCUT2D eigenvalue weighted by atomic mass is 35.5. The predicted molar refractivity (Wildman–Crippen MR) is 72.6 cm³/mol. The fourth-order valence-corrected chi connectivity index (χ4v) is 2.64. The normalized spacial score (nSPS) is 23.4. The van der Waals surface area contributed by atoms with E-state index in [1.165, 1.54) is 6.42 Å². The maximum atomic E-state index is 9.88. The van der Waals surface area contributed by atoms with Crippen LogP contribution in [0.4, 0.5) is 5.69 Å². The summed E-state index contributed by atoms with van der Waals surface area (Å²) >= 11 is 6.09. The van der Waals surface area contributed by atoms with Crippen LogP contribution in [0.3, 0.4) is 0 Å². The van der Waals surface area contributed by atoms with Crippen molar-refractivity contribution in [2.45, 2.75) is 31.8 Å². The van der Waals surface area contributed by atoms with E-state index in [0.717, 1.165) is 31.5 Å². The molecule has 0 spiro atoms. The number of nitriles is 1. The summed E-state index contributed by atoms with van der Waals surface area (Å²) in [5.41, 5.74) is 1.39. The molecule has 0 amide bonds. The van der Waals surface area contributed by atoms with Crippen LogP contribution >= 0.6 is 11.6 Å². The van der Waals surface area contributed by atoms with E-state index in [2.05, 4.69) is 11.4 Å². The third-order valence-electron chi connectivity index (χ3n) is 3.52. The number of benzene rings is 1. The highest BCUT2D eigenvalue weighted by molar-refractivity contribution is 6.33. The molecular formula is C14H17ClN2O. The van der Waals surface area contributed by atoms with E-state index < -0.39 is 0 Å². The molecule has 96 valence electrons. The van der Waals surface area contributed by atoms with Crippen LogP contribution in [0.1, 0.15) is 31.2 Å². The van der Waals surface area contributed by atoms with Gasteiger partial charge in [0.25, 0.3) is 0 Å². The lowest BCUT2D eigenvalue weighted by Crippen LogP contribution is -2.30. The molecule has 4 heteroatoms. The first-order valence-corrected chi connectivity index (χ1v) is 6.70. The van der Waals surface area contributed by atoms with Crippen LogP contribution < -0.4 is 5.32 Å². The van der Waals surface area contributed by atoms with E-state index in [0.29, 0.717) is 16.5 Å². The first-order chi connectivity index (χ1) is 8.70. The average Bonchev–Trinajstić information content (AvgIpc) is 2.39. The summed E-state index contributed by atoms with van der Waals surface area (Å²) in [4.78, 5) is 0. The Balaban J connectivity index is 1.95. The van der Waals surface area contributed by atoms with Gasteiger partial charge in [0.15, 0.2) is 0 Å². The zero-order valence-corrected chi connectivity index (χ0v) is 11.0. The Hall–Kier alpha value is -1.24. The Bertz CT molecular complexity index is 456. The number of anilines is 1. The number of nitrogens with zero attached hydrogens (tertiary/aromatic N) is 1. The number of aliphatic hydroxyl groups excluding tert-OH is 1. The van der Waals surface area contributed by atoms with Gasteiger partial charge in [-0.15, -0.1) is 0 Å². The van der Waals surface area contributed by atoms with Crippen molar-refractivity contribution < 1.29 is 5.11 Å². The zero-order valence-electron chi connectivity index (χ0n) is 10.2. The molecule has 1 fully saturated rings. The molecule has 3 nitrogen and oxygen atoms in total. The molecule has 2 rings (SSSR count). The zero-order chi connectivity index (χ0) is 13.0. The highest BCUT2D eigenvalue weighted by Gasteiger charge is 2.22. The fourth-order valence-electron chi connectivity index (χ4n) is 2.40. The quantitative estimate of drug-likeness (QED) is 0.882. The molecule has 0 heterocycles. The molecule has 1 aromatic carbocycles. The van der Waals surface area contributed by atoms with Crippen molar-refractivity contribution in [3.63, 3.8) is 0 Å². The molecule has 0 bridgehead atoms. The molecule has 0 saturated heterocycles. The van der Waals surface area contributed by atoms with Gasteiger partial charge in [-0.1, -0.05) is 24.4 Å². The second kappa shape index (κ2) is 6.08. The SMILES string of the molecule is N#Cc1ccc(NCC2CCCCC2O)c(Cl)c1. The van der Waals surface area contributed by atoms with Crippen LogP contribution in [0, 0.1) is 17.2 Å². The van der Waals surface area contributed by atoms with E-state index in [1.54, 1.807) is 12.1 Å². The first kappa shape index (κ1) is 13.2.